The van der Waals surface area contributed by atoms with E-state index in [1.54, 1.807) is 4.90 Å². The summed E-state index contributed by atoms with van der Waals surface area (Å²) in [5.41, 5.74) is 4.80. The first-order valence-electron chi connectivity index (χ1n) is 11.7. The number of carbonyl (C=O) groups is 2. The molecule has 170 valence electrons. The minimum atomic E-state index is -0.325. The number of hydrogen-bond acceptors (Lipinski definition) is 3. The Kier molecular flexibility index (Phi) is 6.01. The Morgan fingerprint density at radius 3 is 2.55 bits per heavy atom. The molecule has 6 nitrogen and oxygen atoms in total. The molecule has 0 bridgehead atoms. The van der Waals surface area contributed by atoms with E-state index in [2.05, 4.69) is 64.4 Å². The summed E-state index contributed by atoms with van der Waals surface area (Å²) >= 11 is 0. The van der Waals surface area contributed by atoms with Gasteiger partial charge in [-0.1, -0.05) is 42.5 Å². The molecule has 0 radical (unpaired) electrons. The van der Waals surface area contributed by atoms with E-state index in [0.29, 0.717) is 13.1 Å². The van der Waals surface area contributed by atoms with Crippen molar-refractivity contribution in [1.82, 2.24) is 14.8 Å². The molecular weight excluding hydrogens is 412 g/mol. The normalized spacial score (nSPS) is 19.4. The van der Waals surface area contributed by atoms with Gasteiger partial charge in [0.2, 0.25) is 11.8 Å². The van der Waals surface area contributed by atoms with E-state index in [-0.39, 0.29) is 30.2 Å². The van der Waals surface area contributed by atoms with E-state index in [9.17, 15) is 9.59 Å². The molecule has 2 atom stereocenters. The predicted octanol–water partition coefficient (Wildman–Crippen LogP) is 3.29. The maximum Gasteiger partial charge on any atom is 0.227 e. The van der Waals surface area contributed by atoms with Gasteiger partial charge in [-0.15, -0.1) is 0 Å². The zero-order valence-electron chi connectivity index (χ0n) is 19.0. The summed E-state index contributed by atoms with van der Waals surface area (Å²) in [6.45, 7) is 2.77. The van der Waals surface area contributed by atoms with Gasteiger partial charge in [0.15, 0.2) is 0 Å². The fourth-order valence-corrected chi connectivity index (χ4v) is 5.11. The van der Waals surface area contributed by atoms with Gasteiger partial charge in [0.1, 0.15) is 0 Å². The minimum Gasteiger partial charge on any atom is -0.354 e. The summed E-state index contributed by atoms with van der Waals surface area (Å²) in [5, 5.41) is 3.18. The van der Waals surface area contributed by atoms with Crippen molar-refractivity contribution in [3.05, 3.63) is 89.7 Å². The van der Waals surface area contributed by atoms with Crippen molar-refractivity contribution in [2.45, 2.75) is 25.4 Å². The number of amides is 2. The van der Waals surface area contributed by atoms with Crippen LogP contribution in [0.3, 0.4) is 0 Å². The quantitative estimate of drug-likeness (QED) is 0.637. The van der Waals surface area contributed by atoms with Crippen molar-refractivity contribution in [3.63, 3.8) is 0 Å². The molecule has 2 aliphatic heterocycles. The third kappa shape index (κ3) is 4.44. The van der Waals surface area contributed by atoms with Crippen LogP contribution in [0.4, 0.5) is 5.69 Å². The molecule has 3 heterocycles. The topological polar surface area (TPSA) is 57.6 Å². The van der Waals surface area contributed by atoms with E-state index in [1.165, 1.54) is 16.8 Å². The average Bonchev–Trinajstić information content (AvgIpc) is 3.45. The Hall–Kier alpha value is -3.38. The van der Waals surface area contributed by atoms with E-state index < -0.39 is 0 Å². The van der Waals surface area contributed by atoms with Crippen molar-refractivity contribution in [2.24, 2.45) is 13.0 Å². The highest BCUT2D eigenvalue weighted by Crippen LogP contribution is 2.29. The van der Waals surface area contributed by atoms with Crippen molar-refractivity contribution in [2.75, 3.05) is 24.5 Å². The van der Waals surface area contributed by atoms with Crippen LogP contribution < -0.4 is 10.2 Å². The summed E-state index contributed by atoms with van der Waals surface area (Å²) in [7, 11) is 2.05. The van der Waals surface area contributed by atoms with Crippen LogP contribution in [0, 0.1) is 5.92 Å². The summed E-state index contributed by atoms with van der Waals surface area (Å²) < 4.78 is 2.13. The summed E-state index contributed by atoms with van der Waals surface area (Å²) in [5.74, 6) is -0.361. The molecule has 33 heavy (non-hydrogen) atoms. The number of para-hydroxylation sites is 1. The monoisotopic (exact) mass is 442 g/mol. The van der Waals surface area contributed by atoms with Gasteiger partial charge in [-0.2, -0.15) is 0 Å². The number of nitrogens with zero attached hydrogens (tertiary/aromatic N) is 3. The number of fused-ring (bicyclic) bond motifs is 1. The lowest BCUT2D eigenvalue weighted by Gasteiger charge is -2.36. The highest BCUT2D eigenvalue weighted by Gasteiger charge is 2.36. The molecule has 1 N–H and O–H groups in total. The minimum absolute atomic E-state index is 0.00738. The lowest BCUT2D eigenvalue weighted by atomic mass is 9.97. The van der Waals surface area contributed by atoms with Gasteiger partial charge in [0.25, 0.3) is 0 Å². The first kappa shape index (κ1) is 21.5. The lowest BCUT2D eigenvalue weighted by molar-refractivity contribution is -0.126. The largest absolute Gasteiger partial charge is 0.354 e. The summed E-state index contributed by atoms with van der Waals surface area (Å²) in [6.07, 6.45) is 3.32. The molecule has 3 aromatic rings. The van der Waals surface area contributed by atoms with Gasteiger partial charge in [-0.25, -0.2) is 0 Å². The molecule has 2 aliphatic rings. The van der Waals surface area contributed by atoms with Gasteiger partial charge < -0.3 is 14.8 Å². The molecule has 1 saturated heterocycles. The fourth-order valence-electron chi connectivity index (χ4n) is 5.11. The average molecular weight is 443 g/mol. The number of carbonyl (C=O) groups excluding carboxylic acids is 2. The Balaban J connectivity index is 1.28. The van der Waals surface area contributed by atoms with Gasteiger partial charge >= 0.3 is 0 Å². The molecule has 0 aliphatic carbocycles. The van der Waals surface area contributed by atoms with Crippen LogP contribution in [0.1, 0.15) is 29.3 Å². The highest BCUT2D eigenvalue weighted by molar-refractivity contribution is 6.00. The molecule has 0 unspecified atom stereocenters. The zero-order valence-corrected chi connectivity index (χ0v) is 19.0. The van der Waals surface area contributed by atoms with Gasteiger partial charge in [-0.3, -0.25) is 14.5 Å². The van der Waals surface area contributed by atoms with Crippen LogP contribution >= 0.6 is 0 Å². The number of benzene rings is 2. The number of rotatable bonds is 6. The number of anilines is 1. The van der Waals surface area contributed by atoms with Crippen molar-refractivity contribution in [1.29, 1.82) is 0 Å². The Morgan fingerprint density at radius 1 is 1.03 bits per heavy atom. The van der Waals surface area contributed by atoms with Crippen molar-refractivity contribution >= 4 is 17.5 Å². The van der Waals surface area contributed by atoms with Gasteiger partial charge in [-0.05, 0) is 41.8 Å². The molecule has 5 rings (SSSR count). The van der Waals surface area contributed by atoms with Gasteiger partial charge in [0, 0.05) is 57.2 Å². The number of hydrogen-bond donors (Lipinski definition) is 1. The van der Waals surface area contributed by atoms with Crippen LogP contribution in [-0.4, -0.2) is 40.9 Å². The molecule has 1 aromatic heterocycles. The molecule has 1 fully saturated rings. The van der Waals surface area contributed by atoms with Gasteiger partial charge in [0.05, 0.1) is 12.0 Å². The second-order valence-corrected chi connectivity index (χ2v) is 9.04. The Labute approximate surface area is 194 Å². The third-order valence-electron chi connectivity index (χ3n) is 6.96. The molecule has 2 amide bonds. The van der Waals surface area contributed by atoms with Crippen LogP contribution in [0.5, 0.6) is 0 Å². The SMILES string of the molecule is Cn1cccc1[C@H](CNC(=O)[C@@H]1CC(=O)N(c2ccccc2)C1)N1CCc2ccccc2C1. The van der Waals surface area contributed by atoms with E-state index >= 15 is 0 Å². The van der Waals surface area contributed by atoms with Crippen LogP contribution in [0.25, 0.3) is 0 Å². The lowest BCUT2D eigenvalue weighted by Crippen LogP contribution is -2.43. The van der Waals surface area contributed by atoms with E-state index in [0.717, 1.165) is 25.2 Å². The van der Waals surface area contributed by atoms with Crippen molar-refractivity contribution < 1.29 is 9.59 Å². The van der Waals surface area contributed by atoms with E-state index in [4.69, 9.17) is 0 Å². The third-order valence-corrected chi connectivity index (χ3v) is 6.96. The molecule has 0 saturated carbocycles. The smallest absolute Gasteiger partial charge is 0.227 e. The second-order valence-electron chi connectivity index (χ2n) is 9.04. The second kappa shape index (κ2) is 9.24. The Bertz CT molecular complexity index is 1140. The van der Waals surface area contributed by atoms with Crippen LogP contribution in [0.2, 0.25) is 0 Å². The van der Waals surface area contributed by atoms with Crippen LogP contribution in [0.15, 0.2) is 72.9 Å². The first-order valence-corrected chi connectivity index (χ1v) is 11.7. The predicted molar refractivity (Wildman–Crippen MR) is 129 cm³/mol. The van der Waals surface area contributed by atoms with Crippen LogP contribution in [-0.2, 0) is 29.6 Å². The number of aromatic nitrogens is 1. The van der Waals surface area contributed by atoms with E-state index in [1.807, 2.05) is 30.3 Å². The maximum atomic E-state index is 13.1. The Morgan fingerprint density at radius 2 is 1.79 bits per heavy atom. The molecular formula is C27H30N4O2. The molecule has 6 heteroatoms. The zero-order chi connectivity index (χ0) is 22.8. The first-order chi connectivity index (χ1) is 16.1. The number of nitrogens with one attached hydrogen (secondary N) is 1. The summed E-state index contributed by atoms with van der Waals surface area (Å²) in [4.78, 5) is 29.8. The standard InChI is InChI=1S/C27H30N4O2/c1-29-14-7-12-24(29)25(30-15-13-20-8-5-6-9-21(20)18-30)17-28-27(33)22-16-26(32)31(19-22)23-10-3-2-4-11-23/h2-12,14,22,25H,13,15-19H2,1H3,(H,28,33)/t22-,25+/m1/s1. The maximum absolute atomic E-state index is 13.1. The highest BCUT2D eigenvalue weighted by atomic mass is 16.2. The number of aryl methyl sites for hydroxylation is 1. The molecule has 0 spiro atoms. The summed E-state index contributed by atoms with van der Waals surface area (Å²) in [6, 6.07) is 22.4. The van der Waals surface area contributed by atoms with Crippen molar-refractivity contribution in [3.8, 4) is 0 Å². The molecule has 2 aromatic carbocycles. The fraction of sp³-hybridized carbons (Fsp3) is 0.333.